The molecule has 2 atom stereocenters. The molecule has 71 heavy (non-hydrogen) atoms. The van der Waals surface area contributed by atoms with Crippen LogP contribution in [0.25, 0.3) is 0 Å². The first-order valence-electron chi connectivity index (χ1n) is 31.8. The summed E-state index contributed by atoms with van der Waals surface area (Å²) in [6, 6.07) is -0.632. The van der Waals surface area contributed by atoms with Gasteiger partial charge in [0.25, 0.3) is 0 Å². The molecule has 0 heterocycles. The van der Waals surface area contributed by atoms with E-state index >= 15 is 0 Å². The van der Waals surface area contributed by atoms with Gasteiger partial charge >= 0.3 is 5.97 Å². The van der Waals surface area contributed by atoms with Gasteiger partial charge in [-0.25, -0.2) is 0 Å². The number of carbonyl (C=O) groups excluding carboxylic acids is 2. The standard InChI is InChI=1S/C65H123NO5/c1-3-5-7-9-11-13-15-17-19-26-31-35-39-43-47-51-55-59-65(70)71-60-56-52-48-44-40-36-32-28-25-23-21-22-24-27-30-34-38-42-46-50-54-58-64(69)66-62(61-67)63(68)57-53-49-45-41-37-33-29-20-18-16-14-12-10-8-6-4-2/h36,40,48,52-53,57,62-63,67-68H,3-35,37-39,41-47,49-51,54-56,58-61H2,1-2H3,(H,66,69)/b40-36-,52-48-,57-53+. The van der Waals surface area contributed by atoms with Gasteiger partial charge in [0.15, 0.2) is 0 Å². The molecular weight excluding hydrogens is 875 g/mol. The van der Waals surface area contributed by atoms with Crippen molar-refractivity contribution in [1.29, 1.82) is 0 Å². The van der Waals surface area contributed by atoms with Crippen LogP contribution >= 0.6 is 0 Å². The largest absolute Gasteiger partial charge is 0.465 e. The first kappa shape index (κ1) is 69.1. The van der Waals surface area contributed by atoms with Crippen LogP contribution in [-0.4, -0.2) is 47.4 Å². The van der Waals surface area contributed by atoms with Crippen molar-refractivity contribution in [3.63, 3.8) is 0 Å². The molecule has 3 N–H and O–H groups in total. The quantitative estimate of drug-likeness (QED) is 0.0321. The van der Waals surface area contributed by atoms with E-state index in [1.54, 1.807) is 6.08 Å². The molecule has 418 valence electrons. The third-order valence-electron chi connectivity index (χ3n) is 14.7. The third kappa shape index (κ3) is 57.2. The van der Waals surface area contributed by atoms with Gasteiger partial charge in [-0.1, -0.05) is 314 Å². The second-order valence-corrected chi connectivity index (χ2v) is 21.7. The normalized spacial score (nSPS) is 12.8. The molecule has 0 saturated heterocycles. The summed E-state index contributed by atoms with van der Waals surface area (Å²) in [7, 11) is 0. The number of esters is 1. The van der Waals surface area contributed by atoms with Gasteiger partial charge in [-0.05, 0) is 51.4 Å². The van der Waals surface area contributed by atoms with Crippen LogP contribution in [0.1, 0.15) is 341 Å². The Kier molecular flexibility index (Phi) is 59.0. The van der Waals surface area contributed by atoms with Gasteiger partial charge < -0.3 is 20.3 Å². The highest BCUT2D eigenvalue weighted by Crippen LogP contribution is 2.18. The molecule has 0 aromatic rings. The summed E-state index contributed by atoms with van der Waals surface area (Å²) in [6.07, 6.45) is 76.3. The topological polar surface area (TPSA) is 95.9 Å². The van der Waals surface area contributed by atoms with Crippen LogP contribution in [0.4, 0.5) is 0 Å². The number of nitrogens with one attached hydrogen (secondary N) is 1. The number of ether oxygens (including phenoxy) is 1. The van der Waals surface area contributed by atoms with Crippen LogP contribution < -0.4 is 5.32 Å². The summed E-state index contributed by atoms with van der Waals surface area (Å²) in [5.41, 5.74) is 0. The molecule has 0 saturated carbocycles. The van der Waals surface area contributed by atoms with Crippen molar-refractivity contribution in [1.82, 2.24) is 5.32 Å². The molecular formula is C65H123NO5. The van der Waals surface area contributed by atoms with Gasteiger partial charge in [0.2, 0.25) is 5.91 Å². The van der Waals surface area contributed by atoms with Gasteiger partial charge in [-0.2, -0.15) is 0 Å². The van der Waals surface area contributed by atoms with Gasteiger partial charge in [-0.15, -0.1) is 0 Å². The second kappa shape index (κ2) is 60.6. The molecule has 0 aliphatic rings. The maximum atomic E-state index is 12.5. The molecule has 0 aromatic heterocycles. The van der Waals surface area contributed by atoms with E-state index < -0.39 is 12.1 Å². The number of rotatable bonds is 59. The molecule has 0 bridgehead atoms. The number of hydrogen-bond acceptors (Lipinski definition) is 5. The van der Waals surface area contributed by atoms with E-state index in [0.29, 0.717) is 19.4 Å². The molecule has 1 amide bonds. The lowest BCUT2D eigenvalue weighted by Gasteiger charge is -2.20. The van der Waals surface area contributed by atoms with Gasteiger partial charge in [0, 0.05) is 12.8 Å². The number of hydrogen-bond donors (Lipinski definition) is 3. The third-order valence-corrected chi connectivity index (χ3v) is 14.7. The second-order valence-electron chi connectivity index (χ2n) is 21.7. The summed E-state index contributed by atoms with van der Waals surface area (Å²) >= 11 is 0. The Morgan fingerprint density at radius 3 is 1.07 bits per heavy atom. The molecule has 6 heteroatoms. The number of aliphatic hydroxyl groups is 2. The highest BCUT2D eigenvalue weighted by Gasteiger charge is 2.18. The Morgan fingerprint density at radius 1 is 0.394 bits per heavy atom. The van der Waals surface area contributed by atoms with Crippen molar-refractivity contribution in [2.75, 3.05) is 13.2 Å². The summed E-state index contributed by atoms with van der Waals surface area (Å²) < 4.78 is 5.43. The van der Waals surface area contributed by atoms with Crippen molar-refractivity contribution in [3.05, 3.63) is 36.5 Å². The molecule has 6 nitrogen and oxygen atoms in total. The molecule has 0 aliphatic carbocycles. The highest BCUT2D eigenvalue weighted by molar-refractivity contribution is 5.76. The monoisotopic (exact) mass is 998 g/mol. The SMILES string of the molecule is CCCCCCCCCCCCCCCC/C=C/C(O)C(CO)NC(=O)CCCCCCCCCCCCCCCC/C=C\C/C=C\CCOC(=O)CCCCCCCCCCCCCCCCCCC. The molecule has 0 radical (unpaired) electrons. The lowest BCUT2D eigenvalue weighted by Crippen LogP contribution is -2.45. The van der Waals surface area contributed by atoms with Gasteiger partial charge in [0.1, 0.15) is 0 Å². The predicted octanol–water partition coefficient (Wildman–Crippen LogP) is 20.0. The zero-order valence-corrected chi connectivity index (χ0v) is 47.7. The first-order valence-corrected chi connectivity index (χ1v) is 31.8. The summed E-state index contributed by atoms with van der Waals surface area (Å²) in [5, 5.41) is 23.1. The Bertz CT molecular complexity index is 1150. The molecule has 0 aromatic carbocycles. The Labute approximate surface area is 443 Å². The maximum absolute atomic E-state index is 12.5. The number of allylic oxidation sites excluding steroid dienone is 4. The lowest BCUT2D eigenvalue weighted by molar-refractivity contribution is -0.143. The first-order chi connectivity index (χ1) is 35.0. The van der Waals surface area contributed by atoms with Gasteiger partial charge in [0.05, 0.1) is 25.4 Å². The molecule has 2 unspecified atom stereocenters. The number of amides is 1. The van der Waals surface area contributed by atoms with E-state index in [-0.39, 0.29) is 18.5 Å². The van der Waals surface area contributed by atoms with Crippen LogP contribution in [0.2, 0.25) is 0 Å². The predicted molar refractivity (Wildman–Crippen MR) is 310 cm³/mol. The zero-order valence-electron chi connectivity index (χ0n) is 47.7. The van der Waals surface area contributed by atoms with E-state index in [2.05, 4.69) is 43.5 Å². The minimum absolute atomic E-state index is 0.0317. The van der Waals surface area contributed by atoms with E-state index in [1.165, 1.54) is 263 Å². The van der Waals surface area contributed by atoms with Crippen molar-refractivity contribution in [2.24, 2.45) is 0 Å². The van der Waals surface area contributed by atoms with Gasteiger partial charge in [-0.3, -0.25) is 9.59 Å². The fourth-order valence-electron chi connectivity index (χ4n) is 9.83. The Balaban J connectivity index is 3.46. The smallest absolute Gasteiger partial charge is 0.305 e. The minimum Gasteiger partial charge on any atom is -0.465 e. The highest BCUT2D eigenvalue weighted by atomic mass is 16.5. The van der Waals surface area contributed by atoms with Crippen LogP contribution in [0.15, 0.2) is 36.5 Å². The van der Waals surface area contributed by atoms with E-state index in [4.69, 9.17) is 4.74 Å². The number of carbonyl (C=O) groups is 2. The summed E-state index contributed by atoms with van der Waals surface area (Å²) in [5.74, 6) is -0.103. The van der Waals surface area contributed by atoms with E-state index in [0.717, 1.165) is 51.4 Å². The average molecular weight is 999 g/mol. The fraction of sp³-hybridized carbons (Fsp3) is 0.877. The molecule has 0 spiro atoms. The van der Waals surface area contributed by atoms with E-state index in [1.807, 2.05) is 6.08 Å². The molecule has 0 rings (SSSR count). The van der Waals surface area contributed by atoms with Crippen molar-refractivity contribution >= 4 is 11.9 Å². The van der Waals surface area contributed by atoms with Crippen molar-refractivity contribution in [3.8, 4) is 0 Å². The minimum atomic E-state index is -0.848. The van der Waals surface area contributed by atoms with Crippen LogP contribution in [0.5, 0.6) is 0 Å². The van der Waals surface area contributed by atoms with Crippen molar-refractivity contribution in [2.45, 2.75) is 353 Å². The molecule has 0 aliphatic heterocycles. The van der Waals surface area contributed by atoms with Crippen LogP contribution in [0, 0.1) is 0 Å². The van der Waals surface area contributed by atoms with Crippen molar-refractivity contribution < 1.29 is 24.5 Å². The van der Waals surface area contributed by atoms with E-state index in [9.17, 15) is 19.8 Å². The molecule has 0 fully saturated rings. The lowest BCUT2D eigenvalue weighted by atomic mass is 10.0. The maximum Gasteiger partial charge on any atom is 0.305 e. The summed E-state index contributed by atoms with van der Waals surface area (Å²) in [6.45, 7) is 4.82. The zero-order chi connectivity index (χ0) is 51.4. The fourth-order valence-corrected chi connectivity index (χ4v) is 9.83. The Hall–Kier alpha value is -1.92. The number of aliphatic hydroxyl groups excluding tert-OH is 2. The van der Waals surface area contributed by atoms with Crippen LogP contribution in [-0.2, 0) is 14.3 Å². The summed E-state index contributed by atoms with van der Waals surface area (Å²) in [4.78, 5) is 24.5. The van der Waals surface area contributed by atoms with Crippen LogP contribution in [0.3, 0.4) is 0 Å². The Morgan fingerprint density at radius 2 is 0.704 bits per heavy atom. The number of unbranched alkanes of at least 4 members (excludes halogenated alkanes) is 44. The average Bonchev–Trinajstić information content (AvgIpc) is 3.37.